The number of fused-ring (bicyclic) bond motifs is 1. The van der Waals surface area contributed by atoms with Gasteiger partial charge >= 0.3 is 0 Å². The number of carbonyl (C=O) groups is 1. The number of hydrogen-bond acceptors (Lipinski definition) is 5. The Labute approximate surface area is 170 Å². The van der Waals surface area contributed by atoms with Crippen molar-refractivity contribution < 1.29 is 19.0 Å². The van der Waals surface area contributed by atoms with Gasteiger partial charge in [0.05, 0.1) is 19.2 Å². The topological polar surface area (TPSA) is 57.7 Å². The van der Waals surface area contributed by atoms with E-state index < -0.39 is 0 Å². The Hall–Kier alpha value is -2.63. The summed E-state index contributed by atoms with van der Waals surface area (Å²) in [5.74, 6) is 1.99. The van der Waals surface area contributed by atoms with Gasteiger partial charge in [-0.25, -0.2) is 0 Å². The van der Waals surface area contributed by atoms with Crippen molar-refractivity contribution in [3.63, 3.8) is 0 Å². The number of aromatic nitrogens is 1. The monoisotopic (exact) mass is 401 g/mol. The number of halogens is 1. The molecule has 0 amide bonds. The molecule has 0 bridgehead atoms. The Morgan fingerprint density at radius 1 is 1.07 bits per heavy atom. The molecule has 0 spiro atoms. The first-order valence-corrected chi connectivity index (χ1v) is 9.33. The molecule has 6 heteroatoms. The summed E-state index contributed by atoms with van der Waals surface area (Å²) in [7, 11) is 4.87. The van der Waals surface area contributed by atoms with Crippen LogP contribution in [0, 0.1) is 0 Å². The summed E-state index contributed by atoms with van der Waals surface area (Å²) in [6, 6.07) is 13.3. The van der Waals surface area contributed by atoms with Gasteiger partial charge in [-0.1, -0.05) is 6.07 Å². The first kappa shape index (κ1) is 21.7. The second-order valence-corrected chi connectivity index (χ2v) is 6.29. The van der Waals surface area contributed by atoms with E-state index in [4.69, 9.17) is 21.1 Å². The van der Waals surface area contributed by atoms with Crippen molar-refractivity contribution in [2.75, 3.05) is 33.8 Å². The third-order valence-corrected chi connectivity index (χ3v) is 4.20. The second kappa shape index (κ2) is 11.3. The highest BCUT2D eigenvalue weighted by atomic mass is 35.5. The Balaban J connectivity index is 0.000000878. The summed E-state index contributed by atoms with van der Waals surface area (Å²) in [5, 5.41) is 0.817. The summed E-state index contributed by atoms with van der Waals surface area (Å²) in [6.45, 7) is 0.526. The molecule has 0 radical (unpaired) electrons. The van der Waals surface area contributed by atoms with E-state index in [0.29, 0.717) is 18.1 Å². The number of hydrogen-bond donors (Lipinski definition) is 0. The van der Waals surface area contributed by atoms with Crippen LogP contribution in [-0.4, -0.2) is 45.1 Å². The Kier molecular flexibility index (Phi) is 8.72. The van der Waals surface area contributed by atoms with Crippen LogP contribution in [0.25, 0.3) is 22.0 Å². The van der Waals surface area contributed by atoms with Crippen LogP contribution in [0.15, 0.2) is 48.7 Å². The molecule has 0 aliphatic carbocycles. The molecule has 0 atom stereocenters. The van der Waals surface area contributed by atoms with Crippen LogP contribution in [-0.2, 0) is 4.74 Å². The Morgan fingerprint density at radius 2 is 1.86 bits per heavy atom. The molecule has 1 heterocycles. The maximum atomic E-state index is 11.3. The highest BCUT2D eigenvalue weighted by Crippen LogP contribution is 2.35. The summed E-state index contributed by atoms with van der Waals surface area (Å²) in [6.07, 6.45) is 3.24. The first-order chi connectivity index (χ1) is 13.7. The lowest BCUT2D eigenvalue weighted by Gasteiger charge is -2.14. The molecule has 28 heavy (non-hydrogen) atoms. The van der Waals surface area contributed by atoms with Crippen LogP contribution in [0.5, 0.6) is 11.5 Å². The molecule has 0 saturated heterocycles. The second-order valence-electron chi connectivity index (χ2n) is 5.91. The van der Waals surface area contributed by atoms with Gasteiger partial charge in [-0.2, -0.15) is 0 Å². The predicted octanol–water partition coefficient (Wildman–Crippen LogP) is 4.99. The quantitative estimate of drug-likeness (QED) is 0.317. The molecule has 0 N–H and O–H groups in total. The SMILES string of the molecule is COC.COc1ccc(-c2ccc3nccc(C=O)c3c2)c(OCCCCl)c1. The van der Waals surface area contributed by atoms with Crippen LogP contribution in [0.2, 0.25) is 0 Å². The van der Waals surface area contributed by atoms with E-state index in [1.54, 1.807) is 33.6 Å². The fraction of sp³-hybridized carbons (Fsp3) is 0.273. The number of rotatable bonds is 7. The van der Waals surface area contributed by atoms with Crippen molar-refractivity contribution in [3.05, 3.63) is 54.2 Å². The number of ether oxygens (including phenoxy) is 3. The van der Waals surface area contributed by atoms with Crippen LogP contribution in [0.3, 0.4) is 0 Å². The molecular formula is C22H24ClNO4. The lowest BCUT2D eigenvalue weighted by Crippen LogP contribution is -2.00. The molecule has 148 valence electrons. The summed E-state index contributed by atoms with van der Waals surface area (Å²) >= 11 is 5.74. The third kappa shape index (κ3) is 5.44. The van der Waals surface area contributed by atoms with E-state index in [-0.39, 0.29) is 0 Å². The third-order valence-electron chi connectivity index (χ3n) is 3.94. The van der Waals surface area contributed by atoms with Crippen LogP contribution >= 0.6 is 11.6 Å². The number of alkyl halides is 1. The van der Waals surface area contributed by atoms with Gasteiger partial charge < -0.3 is 14.2 Å². The van der Waals surface area contributed by atoms with Crippen LogP contribution in [0.1, 0.15) is 16.8 Å². The van der Waals surface area contributed by atoms with Crippen molar-refractivity contribution in [3.8, 4) is 22.6 Å². The van der Waals surface area contributed by atoms with Gasteiger partial charge in [-0.3, -0.25) is 9.78 Å². The van der Waals surface area contributed by atoms with Crippen molar-refractivity contribution >= 4 is 28.8 Å². The van der Waals surface area contributed by atoms with Gasteiger partial charge in [0.25, 0.3) is 0 Å². The summed E-state index contributed by atoms with van der Waals surface area (Å²) in [4.78, 5) is 15.6. The van der Waals surface area contributed by atoms with Crippen LogP contribution in [0.4, 0.5) is 0 Å². The molecule has 3 rings (SSSR count). The lowest BCUT2D eigenvalue weighted by atomic mass is 10.0. The van der Waals surface area contributed by atoms with Gasteiger partial charge in [0.15, 0.2) is 6.29 Å². The maximum Gasteiger partial charge on any atom is 0.150 e. The van der Waals surface area contributed by atoms with E-state index in [1.807, 2.05) is 36.4 Å². The number of pyridine rings is 1. The molecule has 0 unspecified atom stereocenters. The van der Waals surface area contributed by atoms with E-state index >= 15 is 0 Å². The molecule has 1 aromatic heterocycles. The lowest BCUT2D eigenvalue weighted by molar-refractivity contribution is 0.112. The standard InChI is InChI=1S/C20H18ClNO3.C2H6O/c1-24-16-4-5-17(20(12-16)25-10-2-8-21)14-3-6-19-18(11-14)15(13-23)7-9-22-19;1-3-2/h3-7,9,11-13H,2,8,10H2,1H3;1-2H3. The van der Waals surface area contributed by atoms with Gasteiger partial charge in [0.1, 0.15) is 11.5 Å². The average molecular weight is 402 g/mol. The minimum absolute atomic E-state index is 0.526. The minimum atomic E-state index is 0.526. The molecule has 0 aliphatic heterocycles. The van der Waals surface area contributed by atoms with Gasteiger partial charge in [0, 0.05) is 48.9 Å². The first-order valence-electron chi connectivity index (χ1n) is 8.79. The van der Waals surface area contributed by atoms with Crippen molar-refractivity contribution in [1.29, 1.82) is 0 Å². The van der Waals surface area contributed by atoms with Crippen molar-refractivity contribution in [2.24, 2.45) is 0 Å². The van der Waals surface area contributed by atoms with E-state index in [9.17, 15) is 4.79 Å². The molecule has 0 aliphatic rings. The molecule has 0 fully saturated rings. The highest BCUT2D eigenvalue weighted by molar-refractivity contribution is 6.17. The summed E-state index contributed by atoms with van der Waals surface area (Å²) in [5.41, 5.74) is 3.28. The average Bonchev–Trinajstić information content (AvgIpc) is 2.73. The fourth-order valence-corrected chi connectivity index (χ4v) is 2.77. The number of benzene rings is 2. The Morgan fingerprint density at radius 3 is 2.54 bits per heavy atom. The van der Waals surface area contributed by atoms with E-state index in [1.165, 1.54) is 0 Å². The zero-order valence-corrected chi connectivity index (χ0v) is 17.0. The van der Waals surface area contributed by atoms with Crippen LogP contribution < -0.4 is 9.47 Å². The van der Waals surface area contributed by atoms with Gasteiger partial charge in [-0.15, -0.1) is 11.6 Å². The number of nitrogens with zero attached hydrogens (tertiary/aromatic N) is 1. The van der Waals surface area contributed by atoms with Crippen molar-refractivity contribution in [2.45, 2.75) is 6.42 Å². The van der Waals surface area contributed by atoms with E-state index in [2.05, 4.69) is 9.72 Å². The number of carbonyl (C=O) groups excluding carboxylic acids is 1. The molecular weight excluding hydrogens is 378 g/mol. The normalized spacial score (nSPS) is 10.1. The van der Waals surface area contributed by atoms with Gasteiger partial charge in [-0.05, 0) is 42.3 Å². The molecule has 0 saturated carbocycles. The van der Waals surface area contributed by atoms with E-state index in [0.717, 1.165) is 46.2 Å². The van der Waals surface area contributed by atoms with Gasteiger partial charge in [0.2, 0.25) is 0 Å². The highest BCUT2D eigenvalue weighted by Gasteiger charge is 2.11. The molecule has 2 aromatic carbocycles. The Bertz CT molecular complexity index is 914. The number of methoxy groups -OCH3 is 2. The maximum absolute atomic E-state index is 11.3. The zero-order chi connectivity index (χ0) is 20.4. The largest absolute Gasteiger partial charge is 0.497 e. The summed E-state index contributed by atoms with van der Waals surface area (Å²) < 4.78 is 15.4. The van der Waals surface area contributed by atoms with Crippen molar-refractivity contribution in [1.82, 2.24) is 4.98 Å². The minimum Gasteiger partial charge on any atom is -0.497 e. The molecule has 5 nitrogen and oxygen atoms in total. The number of aldehydes is 1. The zero-order valence-electron chi connectivity index (χ0n) is 16.3. The predicted molar refractivity (Wildman–Crippen MR) is 113 cm³/mol. The fourth-order valence-electron chi connectivity index (χ4n) is 2.66. The molecule has 3 aromatic rings. The smallest absolute Gasteiger partial charge is 0.150 e.